The summed E-state index contributed by atoms with van der Waals surface area (Å²) in [6.45, 7) is 6.93. The Bertz CT molecular complexity index is 441. The molecule has 1 fully saturated rings. The van der Waals surface area contributed by atoms with Gasteiger partial charge in [-0.3, -0.25) is 0 Å². The normalized spacial score (nSPS) is 24.0. The number of likely N-dealkylation sites (N-methyl/N-ethyl adjacent to an activating group) is 1. The number of hydrogen-bond acceptors (Lipinski definition) is 4. The molecule has 0 radical (unpaired) electrons. The average molecular weight is 261 g/mol. The second-order valence-corrected chi connectivity index (χ2v) is 5.61. The number of nitrogens with zero attached hydrogens (tertiary/aromatic N) is 2. The van der Waals surface area contributed by atoms with Crippen molar-refractivity contribution in [2.75, 3.05) is 58.7 Å². The number of ether oxygens (including phenoxy) is 1. The molecule has 2 aliphatic rings. The van der Waals surface area contributed by atoms with Crippen molar-refractivity contribution in [3.05, 3.63) is 23.8 Å². The quantitative estimate of drug-likeness (QED) is 0.891. The van der Waals surface area contributed by atoms with Crippen LogP contribution in [0.3, 0.4) is 0 Å². The molecule has 0 spiro atoms. The van der Waals surface area contributed by atoms with E-state index in [-0.39, 0.29) is 0 Å². The number of nitrogens with one attached hydrogen (secondary N) is 1. The van der Waals surface area contributed by atoms with E-state index >= 15 is 0 Å². The molecule has 1 aromatic carbocycles. The molecule has 1 saturated heterocycles. The van der Waals surface area contributed by atoms with Crippen LogP contribution in [0.4, 0.5) is 5.69 Å². The third-order valence-corrected chi connectivity index (χ3v) is 4.32. The number of hydrogen-bond donors (Lipinski definition) is 1. The smallest absolute Gasteiger partial charge is 0.142 e. The third kappa shape index (κ3) is 2.55. The van der Waals surface area contributed by atoms with Crippen molar-refractivity contribution < 1.29 is 4.74 Å². The minimum atomic E-state index is 0.591. The Morgan fingerprint density at radius 3 is 2.79 bits per heavy atom. The molecular formula is C15H23N3O. The summed E-state index contributed by atoms with van der Waals surface area (Å²) < 4.78 is 5.43. The van der Waals surface area contributed by atoms with Crippen molar-refractivity contribution in [2.45, 2.75) is 5.92 Å². The van der Waals surface area contributed by atoms with Gasteiger partial charge in [-0.1, -0.05) is 12.1 Å². The van der Waals surface area contributed by atoms with Crippen molar-refractivity contribution in [3.63, 3.8) is 0 Å². The van der Waals surface area contributed by atoms with Crippen molar-refractivity contribution in [1.29, 1.82) is 0 Å². The molecule has 2 aliphatic heterocycles. The second kappa shape index (κ2) is 5.39. The van der Waals surface area contributed by atoms with Crippen LogP contribution >= 0.6 is 0 Å². The summed E-state index contributed by atoms with van der Waals surface area (Å²) in [5.41, 5.74) is 2.61. The fourth-order valence-corrected chi connectivity index (χ4v) is 3.09. The number of methoxy groups -OCH3 is 1. The minimum Gasteiger partial charge on any atom is -0.495 e. The molecule has 2 heterocycles. The van der Waals surface area contributed by atoms with Gasteiger partial charge < -0.3 is 19.9 Å². The van der Waals surface area contributed by atoms with Gasteiger partial charge in [0.25, 0.3) is 0 Å². The first kappa shape index (κ1) is 12.8. The van der Waals surface area contributed by atoms with Crippen molar-refractivity contribution in [1.82, 2.24) is 9.80 Å². The molecule has 4 nitrogen and oxygen atoms in total. The highest BCUT2D eigenvalue weighted by Gasteiger charge is 2.27. The van der Waals surface area contributed by atoms with Crippen LogP contribution in [0, 0.1) is 0 Å². The monoisotopic (exact) mass is 261 g/mol. The first-order valence-corrected chi connectivity index (χ1v) is 7.09. The van der Waals surface area contributed by atoms with Gasteiger partial charge in [-0.2, -0.15) is 0 Å². The van der Waals surface area contributed by atoms with Gasteiger partial charge in [0.05, 0.1) is 12.8 Å². The maximum atomic E-state index is 5.43. The van der Waals surface area contributed by atoms with Gasteiger partial charge in [0.15, 0.2) is 0 Å². The molecule has 1 unspecified atom stereocenters. The number of fused-ring (bicyclic) bond motifs is 1. The van der Waals surface area contributed by atoms with Crippen molar-refractivity contribution >= 4 is 5.69 Å². The topological polar surface area (TPSA) is 27.7 Å². The van der Waals surface area contributed by atoms with E-state index in [1.807, 2.05) is 6.07 Å². The lowest BCUT2D eigenvalue weighted by molar-refractivity contribution is 0.149. The summed E-state index contributed by atoms with van der Waals surface area (Å²) in [5, 5.41) is 3.51. The van der Waals surface area contributed by atoms with E-state index in [4.69, 9.17) is 4.74 Å². The Kier molecular flexibility index (Phi) is 3.62. The van der Waals surface area contributed by atoms with Gasteiger partial charge >= 0.3 is 0 Å². The van der Waals surface area contributed by atoms with Gasteiger partial charge in [-0.25, -0.2) is 0 Å². The van der Waals surface area contributed by atoms with Crippen LogP contribution in [-0.4, -0.2) is 63.2 Å². The zero-order chi connectivity index (χ0) is 13.2. The van der Waals surface area contributed by atoms with E-state index < -0.39 is 0 Å². The van der Waals surface area contributed by atoms with Gasteiger partial charge in [-0.15, -0.1) is 0 Å². The minimum absolute atomic E-state index is 0.591. The summed E-state index contributed by atoms with van der Waals surface area (Å²) in [5.74, 6) is 1.56. The van der Waals surface area contributed by atoms with Crippen molar-refractivity contribution in [2.24, 2.45) is 0 Å². The number of benzene rings is 1. The molecule has 0 amide bonds. The van der Waals surface area contributed by atoms with Crippen LogP contribution in [0.2, 0.25) is 0 Å². The summed E-state index contributed by atoms with van der Waals surface area (Å²) in [7, 11) is 3.94. The molecule has 0 bridgehead atoms. The molecule has 1 aromatic rings. The summed E-state index contributed by atoms with van der Waals surface area (Å²) in [4.78, 5) is 4.99. The van der Waals surface area contributed by atoms with Crippen LogP contribution in [0.15, 0.2) is 18.2 Å². The van der Waals surface area contributed by atoms with E-state index in [0.717, 1.165) is 18.8 Å². The largest absolute Gasteiger partial charge is 0.495 e. The third-order valence-electron chi connectivity index (χ3n) is 4.32. The SMILES string of the molecule is COc1cccc2c1NCC2CN1CCN(C)CC1. The van der Waals surface area contributed by atoms with E-state index in [0.29, 0.717) is 5.92 Å². The van der Waals surface area contributed by atoms with Crippen LogP contribution < -0.4 is 10.1 Å². The fraction of sp³-hybridized carbons (Fsp3) is 0.600. The fourth-order valence-electron chi connectivity index (χ4n) is 3.09. The van der Waals surface area contributed by atoms with Gasteiger partial charge in [0.2, 0.25) is 0 Å². The first-order chi connectivity index (χ1) is 9.28. The van der Waals surface area contributed by atoms with Gasteiger partial charge in [0.1, 0.15) is 5.75 Å². The van der Waals surface area contributed by atoms with Crippen LogP contribution in [0.25, 0.3) is 0 Å². The van der Waals surface area contributed by atoms with Gasteiger partial charge in [-0.05, 0) is 18.7 Å². The lowest BCUT2D eigenvalue weighted by Gasteiger charge is -2.33. The molecule has 0 saturated carbocycles. The summed E-state index contributed by atoms with van der Waals surface area (Å²) in [6.07, 6.45) is 0. The van der Waals surface area contributed by atoms with Crippen LogP contribution in [-0.2, 0) is 0 Å². The van der Waals surface area contributed by atoms with Crippen LogP contribution in [0.1, 0.15) is 11.5 Å². The summed E-state index contributed by atoms with van der Waals surface area (Å²) in [6, 6.07) is 6.37. The Hall–Kier alpha value is -1.26. The standard InChI is InChI=1S/C15H23N3O/c1-17-6-8-18(9-7-17)11-12-10-16-15-13(12)4-3-5-14(15)19-2/h3-5,12,16H,6-11H2,1-2H3. The van der Waals surface area contributed by atoms with E-state index in [2.05, 4.69) is 34.3 Å². The first-order valence-electron chi connectivity index (χ1n) is 7.09. The number of para-hydroxylation sites is 1. The Balaban J connectivity index is 1.69. The molecule has 4 heteroatoms. The summed E-state index contributed by atoms with van der Waals surface area (Å²) >= 11 is 0. The maximum Gasteiger partial charge on any atom is 0.142 e. The molecule has 0 aromatic heterocycles. The molecule has 1 N–H and O–H groups in total. The number of piperazine rings is 1. The zero-order valence-corrected chi connectivity index (χ0v) is 11.9. The Morgan fingerprint density at radius 1 is 1.26 bits per heavy atom. The maximum absolute atomic E-state index is 5.43. The second-order valence-electron chi connectivity index (χ2n) is 5.61. The Morgan fingerprint density at radius 2 is 2.05 bits per heavy atom. The van der Waals surface area contributed by atoms with Crippen molar-refractivity contribution in [3.8, 4) is 5.75 Å². The predicted molar refractivity (Wildman–Crippen MR) is 78.2 cm³/mol. The Labute approximate surface area is 115 Å². The molecule has 104 valence electrons. The van der Waals surface area contributed by atoms with E-state index in [1.165, 1.54) is 37.4 Å². The van der Waals surface area contributed by atoms with Gasteiger partial charge in [0, 0.05) is 45.2 Å². The van der Waals surface area contributed by atoms with E-state index in [9.17, 15) is 0 Å². The highest BCUT2D eigenvalue weighted by molar-refractivity contribution is 5.66. The zero-order valence-electron chi connectivity index (χ0n) is 11.9. The number of anilines is 1. The highest BCUT2D eigenvalue weighted by atomic mass is 16.5. The highest BCUT2D eigenvalue weighted by Crippen LogP contribution is 2.38. The molecule has 1 atom stereocenters. The number of rotatable bonds is 3. The lowest BCUT2D eigenvalue weighted by Crippen LogP contribution is -2.45. The molecule has 0 aliphatic carbocycles. The lowest BCUT2D eigenvalue weighted by atomic mass is 10.00. The van der Waals surface area contributed by atoms with Crippen LogP contribution in [0.5, 0.6) is 5.75 Å². The molecular weight excluding hydrogens is 238 g/mol. The predicted octanol–water partition coefficient (Wildman–Crippen LogP) is 1.45. The molecule has 3 rings (SSSR count). The molecule has 19 heavy (non-hydrogen) atoms. The average Bonchev–Trinajstić information content (AvgIpc) is 2.84. The van der Waals surface area contributed by atoms with E-state index in [1.54, 1.807) is 7.11 Å².